The number of rotatable bonds is 11. The Bertz CT molecular complexity index is 1090. The molecule has 0 aliphatic carbocycles. The highest BCUT2D eigenvalue weighted by atomic mass is 19.1. The van der Waals surface area contributed by atoms with Crippen molar-refractivity contribution in [3.05, 3.63) is 72.3 Å². The van der Waals surface area contributed by atoms with Gasteiger partial charge in [-0.3, -0.25) is 4.90 Å². The Hall–Kier alpha value is -3.21. The predicted octanol–water partition coefficient (Wildman–Crippen LogP) is 3.28. The zero-order valence-electron chi connectivity index (χ0n) is 20.2. The molecule has 0 spiro atoms. The van der Waals surface area contributed by atoms with Crippen LogP contribution in [0.5, 0.6) is 17.2 Å². The zero-order valence-corrected chi connectivity index (χ0v) is 20.2. The Kier molecular flexibility index (Phi) is 8.74. The smallest absolute Gasteiger partial charge is 0.161 e. The number of halogens is 2. The lowest BCUT2D eigenvalue weighted by atomic mass is 10.1. The van der Waals surface area contributed by atoms with Gasteiger partial charge in [0.15, 0.2) is 11.5 Å². The molecule has 1 aliphatic rings. The standard InChI is InChI=1S/C26H31F2N3O5/c1-33-24-4-3-20(11-25(24)35-9-2-6-30-7-5-29-19-30)15-31-8-10-34-17-26(32,16-31)18-36-23-13-21(27)12-22(28)14-23/h3-5,7,11-14,19,32H,2,6,8-10,15-18H2,1H3/t26-/m1/s1. The van der Waals surface area contributed by atoms with Gasteiger partial charge >= 0.3 is 0 Å². The number of aryl methyl sites for hydroxylation is 1. The number of ether oxygens (including phenoxy) is 4. The van der Waals surface area contributed by atoms with E-state index in [2.05, 4.69) is 4.98 Å². The van der Waals surface area contributed by atoms with Crippen molar-refractivity contribution in [3.8, 4) is 17.2 Å². The monoisotopic (exact) mass is 503 g/mol. The van der Waals surface area contributed by atoms with E-state index in [0.717, 1.165) is 36.7 Å². The molecule has 0 unspecified atom stereocenters. The fraction of sp³-hybridized carbons (Fsp3) is 0.423. The number of β-amino-alcohol motifs (C(OH)–C–C–N with tert-alkyl or cyclic N) is 1. The average Bonchev–Trinajstić information content (AvgIpc) is 3.29. The molecule has 1 fully saturated rings. The molecule has 0 bridgehead atoms. The van der Waals surface area contributed by atoms with Crippen molar-refractivity contribution in [3.63, 3.8) is 0 Å². The summed E-state index contributed by atoms with van der Waals surface area (Å²) in [4.78, 5) is 6.09. The van der Waals surface area contributed by atoms with Crippen LogP contribution in [-0.4, -0.2) is 71.8 Å². The summed E-state index contributed by atoms with van der Waals surface area (Å²) in [7, 11) is 1.60. The van der Waals surface area contributed by atoms with Gasteiger partial charge in [-0.25, -0.2) is 13.8 Å². The number of methoxy groups -OCH3 is 1. The molecule has 36 heavy (non-hydrogen) atoms. The molecule has 3 aromatic rings. The number of benzene rings is 2. The van der Waals surface area contributed by atoms with Gasteiger partial charge < -0.3 is 28.6 Å². The third-order valence-corrected chi connectivity index (χ3v) is 5.80. The number of aliphatic hydroxyl groups is 1. The third-order valence-electron chi connectivity index (χ3n) is 5.80. The summed E-state index contributed by atoms with van der Waals surface area (Å²) in [5.74, 6) is -0.169. The maximum atomic E-state index is 13.5. The summed E-state index contributed by atoms with van der Waals surface area (Å²) >= 11 is 0. The second-order valence-electron chi connectivity index (χ2n) is 8.87. The summed E-state index contributed by atoms with van der Waals surface area (Å²) in [5.41, 5.74) is -0.365. The third kappa shape index (κ3) is 7.39. The van der Waals surface area contributed by atoms with E-state index in [1.54, 1.807) is 19.6 Å². The summed E-state index contributed by atoms with van der Waals surface area (Å²) in [5, 5.41) is 11.1. The topological polar surface area (TPSA) is 78.2 Å². The molecule has 1 aliphatic heterocycles. The van der Waals surface area contributed by atoms with Crippen LogP contribution in [0.25, 0.3) is 0 Å². The lowest BCUT2D eigenvalue weighted by Crippen LogP contribution is -2.48. The number of hydrogen-bond donors (Lipinski definition) is 1. The zero-order chi connectivity index (χ0) is 25.4. The van der Waals surface area contributed by atoms with Crippen LogP contribution < -0.4 is 14.2 Å². The van der Waals surface area contributed by atoms with E-state index >= 15 is 0 Å². The van der Waals surface area contributed by atoms with Crippen molar-refractivity contribution in [1.29, 1.82) is 0 Å². The predicted molar refractivity (Wildman–Crippen MR) is 128 cm³/mol. The van der Waals surface area contributed by atoms with Crippen molar-refractivity contribution >= 4 is 0 Å². The van der Waals surface area contributed by atoms with Gasteiger partial charge in [-0.15, -0.1) is 0 Å². The molecule has 194 valence electrons. The summed E-state index contributed by atoms with van der Waals surface area (Å²) in [6.07, 6.45) is 6.24. The van der Waals surface area contributed by atoms with Crippen LogP contribution >= 0.6 is 0 Å². The first-order chi connectivity index (χ1) is 17.4. The Morgan fingerprint density at radius 2 is 1.94 bits per heavy atom. The molecule has 1 aromatic heterocycles. The van der Waals surface area contributed by atoms with Gasteiger partial charge in [0.1, 0.15) is 29.6 Å². The van der Waals surface area contributed by atoms with Crippen LogP contribution in [0.2, 0.25) is 0 Å². The van der Waals surface area contributed by atoms with E-state index in [1.807, 2.05) is 33.9 Å². The summed E-state index contributed by atoms with van der Waals surface area (Å²) in [6.45, 7) is 3.05. The van der Waals surface area contributed by atoms with E-state index < -0.39 is 17.2 Å². The minimum absolute atomic E-state index is 0.0155. The van der Waals surface area contributed by atoms with Gasteiger partial charge in [-0.2, -0.15) is 0 Å². The van der Waals surface area contributed by atoms with Gasteiger partial charge in [0, 0.05) is 56.8 Å². The molecule has 1 N–H and O–H groups in total. The number of imidazole rings is 1. The van der Waals surface area contributed by atoms with Crippen molar-refractivity contribution in [2.24, 2.45) is 0 Å². The maximum Gasteiger partial charge on any atom is 0.161 e. The molecule has 0 amide bonds. The molecule has 2 heterocycles. The second kappa shape index (κ2) is 12.2. The van der Waals surface area contributed by atoms with E-state index in [9.17, 15) is 13.9 Å². The number of aromatic nitrogens is 2. The molecule has 1 saturated heterocycles. The minimum atomic E-state index is -1.35. The largest absolute Gasteiger partial charge is 0.493 e. The Balaban J connectivity index is 1.35. The van der Waals surface area contributed by atoms with Crippen molar-refractivity contribution < 1.29 is 32.8 Å². The van der Waals surface area contributed by atoms with E-state index in [0.29, 0.717) is 37.8 Å². The van der Waals surface area contributed by atoms with Gasteiger partial charge in [0.05, 0.1) is 33.3 Å². The molecule has 1 atom stereocenters. The molecule has 2 aromatic carbocycles. The fourth-order valence-electron chi connectivity index (χ4n) is 4.09. The van der Waals surface area contributed by atoms with Crippen molar-refractivity contribution in [2.45, 2.75) is 25.1 Å². The fourth-order valence-corrected chi connectivity index (χ4v) is 4.09. The van der Waals surface area contributed by atoms with Gasteiger partial charge in [-0.1, -0.05) is 6.07 Å². The SMILES string of the molecule is COc1ccc(CN2CCOC[C@@](O)(COc3cc(F)cc(F)c3)C2)cc1OCCCn1ccnc1. The molecular weight excluding hydrogens is 472 g/mol. The van der Waals surface area contributed by atoms with E-state index in [4.69, 9.17) is 18.9 Å². The molecule has 4 rings (SSSR count). The van der Waals surface area contributed by atoms with Crippen molar-refractivity contribution in [1.82, 2.24) is 14.5 Å². The molecule has 0 saturated carbocycles. The first-order valence-electron chi connectivity index (χ1n) is 11.8. The van der Waals surface area contributed by atoms with Crippen LogP contribution in [0.1, 0.15) is 12.0 Å². The summed E-state index contributed by atoms with van der Waals surface area (Å²) < 4.78 is 51.5. The summed E-state index contributed by atoms with van der Waals surface area (Å²) in [6, 6.07) is 8.68. The maximum absolute atomic E-state index is 13.5. The van der Waals surface area contributed by atoms with Gasteiger partial charge in [-0.05, 0) is 24.1 Å². The lowest BCUT2D eigenvalue weighted by Gasteiger charge is -2.30. The van der Waals surface area contributed by atoms with Crippen LogP contribution in [0.3, 0.4) is 0 Å². The molecule has 10 heteroatoms. The van der Waals surface area contributed by atoms with Crippen LogP contribution in [-0.2, 0) is 17.8 Å². The highest BCUT2D eigenvalue weighted by molar-refractivity contribution is 5.43. The highest BCUT2D eigenvalue weighted by Crippen LogP contribution is 2.29. The molecule has 8 nitrogen and oxygen atoms in total. The van der Waals surface area contributed by atoms with Crippen LogP contribution in [0.4, 0.5) is 8.78 Å². The van der Waals surface area contributed by atoms with Gasteiger partial charge in [0.25, 0.3) is 0 Å². The average molecular weight is 504 g/mol. The van der Waals surface area contributed by atoms with E-state index in [1.165, 1.54) is 0 Å². The highest BCUT2D eigenvalue weighted by Gasteiger charge is 2.33. The van der Waals surface area contributed by atoms with Crippen LogP contribution in [0.15, 0.2) is 55.1 Å². The molecule has 0 radical (unpaired) electrons. The van der Waals surface area contributed by atoms with Gasteiger partial charge in [0.2, 0.25) is 0 Å². The van der Waals surface area contributed by atoms with Crippen LogP contribution in [0, 0.1) is 11.6 Å². The molecular formula is C26H31F2N3O5. The minimum Gasteiger partial charge on any atom is -0.493 e. The first kappa shape index (κ1) is 25.9. The number of nitrogens with zero attached hydrogens (tertiary/aromatic N) is 3. The Labute approximate surface area is 209 Å². The quantitative estimate of drug-likeness (QED) is 0.403. The van der Waals surface area contributed by atoms with E-state index in [-0.39, 0.29) is 25.5 Å². The first-order valence-corrected chi connectivity index (χ1v) is 11.8. The Morgan fingerprint density at radius 3 is 2.69 bits per heavy atom. The lowest BCUT2D eigenvalue weighted by molar-refractivity contribution is -0.0647. The Morgan fingerprint density at radius 1 is 1.11 bits per heavy atom. The second-order valence-corrected chi connectivity index (χ2v) is 8.87. The normalized spacial score (nSPS) is 18.6. The van der Waals surface area contributed by atoms with Crippen molar-refractivity contribution in [2.75, 3.05) is 46.6 Å². The number of hydrogen-bond acceptors (Lipinski definition) is 7.